The van der Waals surface area contributed by atoms with Crippen LogP contribution in [-0.4, -0.2) is 19.7 Å². The molecule has 0 atom stereocenters. The molecule has 0 aliphatic heterocycles. The summed E-state index contributed by atoms with van der Waals surface area (Å²) in [6.45, 7) is 0. The van der Waals surface area contributed by atoms with Gasteiger partial charge in [-0.1, -0.05) is 6.07 Å². The van der Waals surface area contributed by atoms with Crippen LogP contribution in [0.25, 0.3) is 0 Å². The van der Waals surface area contributed by atoms with Crippen molar-refractivity contribution >= 4 is 9.84 Å². The zero-order valence-electron chi connectivity index (χ0n) is 6.11. The molecule has 0 N–H and O–H groups in total. The Labute approximate surface area is 66.0 Å². The van der Waals surface area contributed by atoms with Crippen molar-refractivity contribution in [1.29, 1.82) is 0 Å². The third-order valence-electron chi connectivity index (χ3n) is 1.08. The monoisotopic (exact) mass is 170 g/mol. The van der Waals surface area contributed by atoms with Gasteiger partial charge >= 0.3 is 0 Å². The van der Waals surface area contributed by atoms with Crippen molar-refractivity contribution in [3.63, 3.8) is 0 Å². The molecule has 3 nitrogen and oxygen atoms in total. The highest BCUT2D eigenvalue weighted by molar-refractivity contribution is 7.89. The van der Waals surface area contributed by atoms with E-state index in [4.69, 9.17) is 0 Å². The minimum atomic E-state index is -2.95. The van der Waals surface area contributed by atoms with Gasteiger partial charge in [0.05, 0.1) is 11.9 Å². The van der Waals surface area contributed by atoms with Crippen LogP contribution in [0.5, 0.6) is 0 Å². The molecule has 1 rings (SSSR count). The van der Waals surface area contributed by atoms with Gasteiger partial charge in [-0.25, -0.2) is 8.42 Å². The van der Waals surface area contributed by atoms with Crippen LogP contribution in [0.2, 0.25) is 0 Å². The molecule has 11 heavy (non-hydrogen) atoms. The van der Waals surface area contributed by atoms with E-state index in [1.54, 1.807) is 18.3 Å². The average molecular weight is 170 g/mol. The van der Waals surface area contributed by atoms with Gasteiger partial charge in [0.25, 0.3) is 0 Å². The number of nitrogens with zero attached hydrogens (tertiary/aromatic N) is 1. The second-order valence-electron chi connectivity index (χ2n) is 2.34. The van der Waals surface area contributed by atoms with Gasteiger partial charge in [-0.2, -0.15) is 0 Å². The van der Waals surface area contributed by atoms with Crippen molar-refractivity contribution in [1.82, 2.24) is 4.98 Å². The zero-order chi connectivity index (χ0) is 8.32. The zero-order valence-corrected chi connectivity index (χ0v) is 6.93. The molecule has 4 heteroatoms. The quantitative estimate of drug-likeness (QED) is 0.646. The Morgan fingerprint density at radius 2 is 2.36 bits per heavy atom. The third kappa shape index (κ3) is 3.13. The lowest BCUT2D eigenvalue weighted by molar-refractivity contribution is 0.601. The highest BCUT2D eigenvalue weighted by atomic mass is 32.2. The van der Waals surface area contributed by atoms with Crippen molar-refractivity contribution in [2.24, 2.45) is 0 Å². The summed E-state index contributed by atoms with van der Waals surface area (Å²) in [5.41, 5.74) is 0.606. The number of rotatable bonds is 2. The highest BCUT2D eigenvalue weighted by Crippen LogP contribution is 2.00. The van der Waals surface area contributed by atoms with Gasteiger partial charge in [0, 0.05) is 12.5 Å². The average Bonchev–Trinajstić information content (AvgIpc) is 1.85. The molecule has 0 saturated heterocycles. The van der Waals surface area contributed by atoms with E-state index in [-0.39, 0.29) is 5.75 Å². The van der Waals surface area contributed by atoms with Gasteiger partial charge in [-0.05, 0) is 11.6 Å². The first-order valence-corrected chi connectivity index (χ1v) is 5.13. The first-order chi connectivity index (χ1) is 5.08. The molecule has 1 aromatic heterocycles. The Hall–Kier alpha value is -0.900. The summed E-state index contributed by atoms with van der Waals surface area (Å²) in [7, 11) is -2.95. The normalized spacial score (nSPS) is 11.4. The van der Waals surface area contributed by atoms with Crippen LogP contribution < -0.4 is 0 Å². The predicted octanol–water partition coefficient (Wildman–Crippen LogP) is 0.426. The van der Waals surface area contributed by atoms with Gasteiger partial charge in [-0.3, -0.25) is 4.98 Å². The van der Waals surface area contributed by atoms with Gasteiger partial charge in [0.2, 0.25) is 0 Å². The Morgan fingerprint density at radius 3 is 2.82 bits per heavy atom. The maximum absolute atomic E-state index is 10.8. The van der Waals surface area contributed by atoms with Crippen LogP contribution in [-0.2, 0) is 15.6 Å². The summed E-state index contributed by atoms with van der Waals surface area (Å²) in [4.78, 5) is 3.68. The second kappa shape index (κ2) is 3.00. The molecule has 0 fully saturated rings. The maximum atomic E-state index is 10.8. The van der Waals surface area contributed by atoms with E-state index in [2.05, 4.69) is 11.2 Å². The van der Waals surface area contributed by atoms with Crippen LogP contribution in [0, 0.1) is 6.20 Å². The summed E-state index contributed by atoms with van der Waals surface area (Å²) < 4.78 is 21.5. The number of hydrogen-bond donors (Lipinski definition) is 0. The smallest absolute Gasteiger partial charge is 0.151 e. The van der Waals surface area contributed by atoms with Crippen LogP contribution in [0.4, 0.5) is 0 Å². The molecule has 59 valence electrons. The van der Waals surface area contributed by atoms with E-state index < -0.39 is 9.84 Å². The molecular formula is C7H8NO2S. The Balaban J connectivity index is 2.82. The summed E-state index contributed by atoms with van der Waals surface area (Å²) in [6, 6.07) is 3.38. The number of aromatic nitrogens is 1. The lowest BCUT2D eigenvalue weighted by atomic mass is 10.3. The Morgan fingerprint density at radius 1 is 1.64 bits per heavy atom. The van der Waals surface area contributed by atoms with E-state index in [0.29, 0.717) is 5.56 Å². The fourth-order valence-electron chi connectivity index (χ4n) is 0.723. The van der Waals surface area contributed by atoms with Crippen molar-refractivity contribution in [2.45, 2.75) is 5.75 Å². The first-order valence-electron chi connectivity index (χ1n) is 3.07. The van der Waals surface area contributed by atoms with Crippen molar-refractivity contribution < 1.29 is 8.42 Å². The second-order valence-corrected chi connectivity index (χ2v) is 4.48. The fourth-order valence-corrected chi connectivity index (χ4v) is 1.45. The van der Waals surface area contributed by atoms with E-state index in [1.807, 2.05) is 0 Å². The Bertz CT molecular complexity index is 318. The predicted molar refractivity (Wildman–Crippen MR) is 41.6 cm³/mol. The van der Waals surface area contributed by atoms with Crippen molar-refractivity contribution in [2.75, 3.05) is 6.26 Å². The molecule has 0 aliphatic rings. The summed E-state index contributed by atoms with van der Waals surface area (Å²) >= 11 is 0. The van der Waals surface area contributed by atoms with E-state index in [0.717, 1.165) is 0 Å². The molecule has 1 heterocycles. The summed E-state index contributed by atoms with van der Waals surface area (Å²) in [5.74, 6) is 0.0147. The molecule has 0 aromatic carbocycles. The molecule has 0 unspecified atom stereocenters. The molecule has 0 bridgehead atoms. The van der Waals surface area contributed by atoms with Crippen LogP contribution >= 0.6 is 0 Å². The lowest BCUT2D eigenvalue weighted by Crippen LogP contribution is -2.00. The molecule has 0 spiro atoms. The van der Waals surface area contributed by atoms with E-state index in [9.17, 15) is 8.42 Å². The van der Waals surface area contributed by atoms with Crippen molar-refractivity contribution in [3.8, 4) is 0 Å². The summed E-state index contributed by atoms with van der Waals surface area (Å²) in [5, 5.41) is 0. The van der Waals surface area contributed by atoms with Crippen LogP contribution in [0.15, 0.2) is 18.3 Å². The standard InChI is InChI=1S/C7H8NO2S/c1-11(9,10)6-7-3-2-4-8-5-7/h2-4H,6H2,1H3. The molecule has 1 aromatic rings. The van der Waals surface area contributed by atoms with Gasteiger partial charge in [0.1, 0.15) is 0 Å². The minimum absolute atomic E-state index is 0.0147. The largest absolute Gasteiger partial charge is 0.254 e. The van der Waals surface area contributed by atoms with E-state index >= 15 is 0 Å². The van der Waals surface area contributed by atoms with Gasteiger partial charge in [-0.15, -0.1) is 0 Å². The number of sulfone groups is 1. The highest BCUT2D eigenvalue weighted by Gasteiger charge is 2.03. The van der Waals surface area contributed by atoms with Gasteiger partial charge < -0.3 is 0 Å². The van der Waals surface area contributed by atoms with Crippen LogP contribution in [0.1, 0.15) is 5.56 Å². The first kappa shape index (κ1) is 8.20. The maximum Gasteiger partial charge on any atom is 0.151 e. The SMILES string of the molecule is CS(=O)(=O)Cc1[c]nccc1. The molecule has 0 aliphatic carbocycles. The van der Waals surface area contributed by atoms with Gasteiger partial charge in [0.15, 0.2) is 9.84 Å². The Kier molecular flexibility index (Phi) is 2.24. The molecule has 0 saturated carbocycles. The molecule has 0 amide bonds. The van der Waals surface area contributed by atoms with E-state index in [1.165, 1.54) is 6.26 Å². The van der Waals surface area contributed by atoms with Crippen LogP contribution in [0.3, 0.4) is 0 Å². The lowest BCUT2D eigenvalue weighted by Gasteiger charge is -1.94. The fraction of sp³-hybridized carbons (Fsp3) is 0.286. The van der Waals surface area contributed by atoms with Crippen molar-refractivity contribution in [3.05, 3.63) is 30.1 Å². The number of pyridine rings is 1. The molecule has 1 radical (unpaired) electrons. The topological polar surface area (TPSA) is 47.0 Å². The third-order valence-corrected chi connectivity index (χ3v) is 1.92. The minimum Gasteiger partial charge on any atom is -0.254 e. The number of hydrogen-bond acceptors (Lipinski definition) is 3. The molecular weight excluding hydrogens is 162 g/mol. The summed E-state index contributed by atoms with van der Waals surface area (Å²) in [6.07, 6.45) is 5.35.